The summed E-state index contributed by atoms with van der Waals surface area (Å²) in [5.41, 5.74) is 1.36. The largest absolute Gasteiger partial charge is 0.337 e. The molecule has 4 heterocycles. The van der Waals surface area contributed by atoms with Gasteiger partial charge >= 0.3 is 0 Å². The van der Waals surface area contributed by atoms with Crippen molar-refractivity contribution in [3.05, 3.63) is 48.3 Å². The van der Waals surface area contributed by atoms with Crippen LogP contribution >= 0.6 is 11.8 Å². The highest BCUT2D eigenvalue weighted by atomic mass is 32.2. The van der Waals surface area contributed by atoms with Gasteiger partial charge in [-0.2, -0.15) is 0 Å². The van der Waals surface area contributed by atoms with Gasteiger partial charge < -0.3 is 9.47 Å². The monoisotopic (exact) mass is 370 g/mol. The second-order valence-electron chi connectivity index (χ2n) is 7.43. The fourth-order valence-corrected chi connectivity index (χ4v) is 4.97. The summed E-state index contributed by atoms with van der Waals surface area (Å²) < 4.78 is 1.97. The lowest BCUT2D eigenvalue weighted by Gasteiger charge is -2.36. The van der Waals surface area contributed by atoms with Crippen molar-refractivity contribution >= 4 is 17.7 Å². The van der Waals surface area contributed by atoms with Crippen molar-refractivity contribution < 1.29 is 4.79 Å². The van der Waals surface area contributed by atoms with Crippen LogP contribution in [0.15, 0.2) is 47.9 Å². The Bertz CT molecular complexity index is 747. The smallest absolute Gasteiger partial charge is 0.233 e. The van der Waals surface area contributed by atoms with Crippen LogP contribution in [0.4, 0.5) is 0 Å². The summed E-state index contributed by atoms with van der Waals surface area (Å²) in [6.45, 7) is 3.99. The van der Waals surface area contributed by atoms with E-state index in [1.807, 2.05) is 17.8 Å². The summed E-state index contributed by atoms with van der Waals surface area (Å²) in [5.74, 6) is 1.33. The van der Waals surface area contributed by atoms with Gasteiger partial charge in [0.05, 0.1) is 5.75 Å². The molecule has 2 atom stereocenters. The average molecular weight is 371 g/mol. The van der Waals surface area contributed by atoms with E-state index in [4.69, 9.17) is 0 Å². The van der Waals surface area contributed by atoms with E-state index < -0.39 is 0 Å². The molecule has 6 heteroatoms. The van der Waals surface area contributed by atoms with Crippen molar-refractivity contribution in [1.82, 2.24) is 19.4 Å². The molecule has 3 aliphatic rings. The second kappa shape index (κ2) is 7.84. The fraction of sp³-hybridized carbons (Fsp3) is 0.500. The van der Waals surface area contributed by atoms with Gasteiger partial charge in [0, 0.05) is 51.7 Å². The molecule has 2 bridgehead atoms. The number of piperidine rings is 1. The lowest BCUT2D eigenvalue weighted by atomic mass is 9.95. The number of fused-ring (bicyclic) bond motifs is 4. The Morgan fingerprint density at radius 1 is 1.19 bits per heavy atom. The molecular formula is C20H26N4OS. The number of nitrogens with zero attached hydrogens (tertiary/aromatic N) is 4. The molecule has 0 spiro atoms. The van der Waals surface area contributed by atoms with Crippen LogP contribution < -0.4 is 0 Å². The molecule has 0 radical (unpaired) electrons. The van der Waals surface area contributed by atoms with Crippen LogP contribution in [-0.2, 0) is 18.4 Å². The Balaban J connectivity index is 1.38. The zero-order chi connectivity index (χ0) is 17.9. The van der Waals surface area contributed by atoms with Crippen molar-refractivity contribution in [2.75, 3.05) is 25.4 Å². The first-order valence-electron chi connectivity index (χ1n) is 9.35. The molecule has 3 aliphatic heterocycles. The third-order valence-electron chi connectivity index (χ3n) is 5.46. The molecule has 3 saturated heterocycles. The van der Waals surface area contributed by atoms with E-state index in [-0.39, 0.29) is 5.91 Å². The summed E-state index contributed by atoms with van der Waals surface area (Å²) in [4.78, 5) is 21.9. The van der Waals surface area contributed by atoms with Gasteiger partial charge in [0.1, 0.15) is 0 Å². The number of hydrogen-bond donors (Lipinski definition) is 0. The highest BCUT2D eigenvalue weighted by Crippen LogP contribution is 2.29. The van der Waals surface area contributed by atoms with Crippen LogP contribution in [0.1, 0.15) is 18.4 Å². The topological polar surface area (TPSA) is 41.4 Å². The minimum absolute atomic E-state index is 0.259. The Morgan fingerprint density at radius 3 is 2.81 bits per heavy atom. The third-order valence-corrected chi connectivity index (χ3v) is 6.50. The lowest BCUT2D eigenvalue weighted by Crippen LogP contribution is -2.48. The normalized spacial score (nSPS) is 23.2. The maximum absolute atomic E-state index is 12.9. The molecule has 138 valence electrons. The molecule has 1 amide bonds. The number of imidazole rings is 1. The first-order chi connectivity index (χ1) is 12.7. The highest BCUT2D eigenvalue weighted by Gasteiger charge is 2.36. The molecule has 1 aromatic carbocycles. The summed E-state index contributed by atoms with van der Waals surface area (Å²) in [7, 11) is 1.97. The minimum atomic E-state index is 0.259. The van der Waals surface area contributed by atoms with E-state index in [1.165, 1.54) is 12.0 Å². The molecule has 5 nitrogen and oxygen atoms in total. The molecule has 0 saturated carbocycles. The Kier molecular flexibility index (Phi) is 5.31. The van der Waals surface area contributed by atoms with E-state index in [2.05, 4.69) is 45.1 Å². The predicted octanol–water partition coefficient (Wildman–Crippen LogP) is 2.64. The van der Waals surface area contributed by atoms with Crippen LogP contribution in [-0.4, -0.2) is 56.7 Å². The van der Waals surface area contributed by atoms with E-state index in [0.29, 0.717) is 17.7 Å². The molecule has 0 aliphatic carbocycles. The van der Waals surface area contributed by atoms with Gasteiger partial charge in [-0.1, -0.05) is 42.1 Å². The van der Waals surface area contributed by atoms with Crippen LogP contribution in [0.3, 0.4) is 0 Å². The summed E-state index contributed by atoms with van der Waals surface area (Å²) >= 11 is 1.54. The number of carbonyl (C=O) groups is 1. The predicted molar refractivity (Wildman–Crippen MR) is 104 cm³/mol. The molecule has 0 unspecified atom stereocenters. The number of thioether (sulfide) groups is 1. The molecule has 5 rings (SSSR count). The van der Waals surface area contributed by atoms with Gasteiger partial charge in [-0.15, -0.1) is 0 Å². The van der Waals surface area contributed by atoms with Crippen LogP contribution in [0, 0.1) is 5.92 Å². The Hall–Kier alpha value is -1.79. The van der Waals surface area contributed by atoms with Crippen molar-refractivity contribution in [3.63, 3.8) is 0 Å². The number of aromatic nitrogens is 2. The van der Waals surface area contributed by atoms with Crippen molar-refractivity contribution in [1.29, 1.82) is 0 Å². The maximum atomic E-state index is 12.9. The van der Waals surface area contributed by atoms with E-state index in [9.17, 15) is 4.79 Å². The Labute approximate surface area is 159 Å². The molecule has 1 aromatic heterocycles. The number of amides is 1. The number of hydrogen-bond acceptors (Lipinski definition) is 4. The average Bonchev–Trinajstić information content (AvgIpc) is 2.87. The molecular weight excluding hydrogens is 344 g/mol. The zero-order valence-electron chi connectivity index (χ0n) is 15.3. The minimum Gasteiger partial charge on any atom is -0.337 e. The quantitative estimate of drug-likeness (QED) is 0.759. The molecule has 3 fully saturated rings. The van der Waals surface area contributed by atoms with Crippen LogP contribution in [0.5, 0.6) is 0 Å². The Morgan fingerprint density at radius 2 is 2.04 bits per heavy atom. The maximum Gasteiger partial charge on any atom is 0.233 e. The number of rotatable bonds is 5. The van der Waals surface area contributed by atoms with Crippen molar-refractivity contribution in [2.24, 2.45) is 13.0 Å². The van der Waals surface area contributed by atoms with E-state index in [0.717, 1.165) is 37.8 Å². The summed E-state index contributed by atoms with van der Waals surface area (Å²) in [5, 5.41) is 0.907. The van der Waals surface area contributed by atoms with Crippen molar-refractivity contribution in [2.45, 2.75) is 30.6 Å². The van der Waals surface area contributed by atoms with Crippen LogP contribution in [0.2, 0.25) is 0 Å². The van der Waals surface area contributed by atoms with Crippen LogP contribution in [0.25, 0.3) is 0 Å². The van der Waals surface area contributed by atoms with Gasteiger partial charge in [0.25, 0.3) is 0 Å². The van der Waals surface area contributed by atoms with Gasteiger partial charge in [-0.05, 0) is 24.3 Å². The SMILES string of the molecule is Cn1ccnc1SCC(=O)N1C[C@H]2CC[C@@H]1CN(Cc1ccccc1)C2. The van der Waals surface area contributed by atoms with Gasteiger partial charge in [0.15, 0.2) is 5.16 Å². The third kappa shape index (κ3) is 3.96. The molecule has 2 aromatic rings. The highest BCUT2D eigenvalue weighted by molar-refractivity contribution is 7.99. The van der Waals surface area contributed by atoms with Gasteiger partial charge in [-0.25, -0.2) is 4.98 Å². The molecule has 0 N–H and O–H groups in total. The fourth-order valence-electron chi connectivity index (χ4n) is 4.16. The number of aryl methyl sites for hydroxylation is 1. The second-order valence-corrected chi connectivity index (χ2v) is 8.37. The number of carbonyl (C=O) groups excluding carboxylic acids is 1. The lowest BCUT2D eigenvalue weighted by molar-refractivity contribution is -0.132. The first kappa shape index (κ1) is 17.6. The van der Waals surface area contributed by atoms with E-state index >= 15 is 0 Å². The zero-order valence-corrected chi connectivity index (χ0v) is 16.1. The summed E-state index contributed by atoms with van der Waals surface area (Å²) in [6, 6.07) is 11.0. The van der Waals surface area contributed by atoms with Gasteiger partial charge in [0.2, 0.25) is 5.91 Å². The first-order valence-corrected chi connectivity index (χ1v) is 10.3. The summed E-state index contributed by atoms with van der Waals surface area (Å²) in [6.07, 6.45) is 6.07. The van der Waals surface area contributed by atoms with E-state index in [1.54, 1.807) is 18.0 Å². The van der Waals surface area contributed by atoms with Gasteiger partial charge in [-0.3, -0.25) is 9.69 Å². The molecule has 26 heavy (non-hydrogen) atoms. The number of benzene rings is 1. The standard InChI is InChI=1S/C20H26N4OS/c1-22-10-9-21-20(22)26-15-19(25)24-13-17-7-8-18(24)14-23(12-17)11-16-5-3-2-4-6-16/h2-6,9-10,17-18H,7-8,11-15H2,1H3/t17-,18+/m0/s1. The van der Waals surface area contributed by atoms with Crippen molar-refractivity contribution in [3.8, 4) is 0 Å².